The van der Waals surface area contributed by atoms with Gasteiger partial charge < -0.3 is 5.32 Å². The summed E-state index contributed by atoms with van der Waals surface area (Å²) in [6.07, 6.45) is 1.21. The van der Waals surface area contributed by atoms with E-state index in [0.29, 0.717) is 12.2 Å². The van der Waals surface area contributed by atoms with Gasteiger partial charge in [-0.2, -0.15) is 0 Å². The summed E-state index contributed by atoms with van der Waals surface area (Å²) < 4.78 is 23.0. The van der Waals surface area contributed by atoms with Crippen LogP contribution in [-0.2, 0) is 19.4 Å². The molecule has 1 N–H and O–H groups in total. The molecule has 1 aliphatic rings. The molecule has 2 rings (SSSR count). The summed E-state index contributed by atoms with van der Waals surface area (Å²) in [6.45, 7) is 2.09. The van der Waals surface area contributed by atoms with Crippen molar-refractivity contribution in [2.24, 2.45) is 0 Å². The van der Waals surface area contributed by atoms with Crippen LogP contribution in [0.15, 0.2) is 29.2 Å². The van der Waals surface area contributed by atoms with Crippen molar-refractivity contribution in [2.75, 3.05) is 18.1 Å². The van der Waals surface area contributed by atoms with E-state index < -0.39 is 15.9 Å². The van der Waals surface area contributed by atoms with Crippen LogP contribution in [0.25, 0.3) is 0 Å². The number of benzene rings is 1. The number of carbonyl (C=O) groups excluding carboxylic acids is 2. The van der Waals surface area contributed by atoms with Crippen molar-refractivity contribution in [2.45, 2.75) is 24.3 Å². The molecule has 7 heteroatoms. The zero-order valence-corrected chi connectivity index (χ0v) is 12.1. The Morgan fingerprint density at radius 1 is 1.35 bits per heavy atom. The van der Waals surface area contributed by atoms with Crippen LogP contribution in [0.3, 0.4) is 0 Å². The van der Waals surface area contributed by atoms with Crippen molar-refractivity contribution in [1.82, 2.24) is 4.90 Å². The molecule has 108 valence electrons. The van der Waals surface area contributed by atoms with Crippen LogP contribution < -0.4 is 5.32 Å². The number of anilines is 1. The standard InChI is InChI=1S/C13H16N2O4S/c1-3-15-12(16)8-11(13(15)17)14-9-5-4-6-10(7-9)20(2,18)19/h4-7,11,14H,3,8H2,1-2H3. The molecule has 20 heavy (non-hydrogen) atoms. The van der Waals surface area contributed by atoms with E-state index in [2.05, 4.69) is 5.32 Å². The predicted octanol–water partition coefficient (Wildman–Crippen LogP) is 0.649. The minimum atomic E-state index is -3.30. The molecule has 0 aliphatic carbocycles. The molecular formula is C13H16N2O4S. The second-order valence-corrected chi connectivity index (χ2v) is 6.69. The second kappa shape index (κ2) is 5.24. The van der Waals surface area contributed by atoms with Crippen LogP contribution >= 0.6 is 0 Å². The molecule has 2 amide bonds. The van der Waals surface area contributed by atoms with Gasteiger partial charge in [0.25, 0.3) is 5.91 Å². The van der Waals surface area contributed by atoms with E-state index in [0.717, 1.165) is 6.26 Å². The molecule has 0 radical (unpaired) electrons. The molecule has 0 aromatic heterocycles. The SMILES string of the molecule is CCN1C(=O)CC(Nc2cccc(S(C)(=O)=O)c2)C1=O. The number of carbonyl (C=O) groups is 2. The average Bonchev–Trinajstić information content (AvgIpc) is 2.63. The van der Waals surface area contributed by atoms with Gasteiger partial charge in [-0.25, -0.2) is 8.42 Å². The van der Waals surface area contributed by atoms with Gasteiger partial charge in [0.2, 0.25) is 5.91 Å². The van der Waals surface area contributed by atoms with Gasteiger partial charge in [0.15, 0.2) is 9.84 Å². The molecule has 1 heterocycles. The van der Waals surface area contributed by atoms with E-state index >= 15 is 0 Å². The largest absolute Gasteiger partial charge is 0.373 e. The lowest BCUT2D eigenvalue weighted by molar-refractivity contribution is -0.138. The van der Waals surface area contributed by atoms with Gasteiger partial charge in [0.1, 0.15) is 6.04 Å². The number of likely N-dealkylation sites (tertiary alicyclic amines) is 1. The van der Waals surface area contributed by atoms with Crippen LogP contribution in [0, 0.1) is 0 Å². The highest BCUT2D eigenvalue weighted by molar-refractivity contribution is 7.90. The average molecular weight is 296 g/mol. The molecule has 0 saturated carbocycles. The monoisotopic (exact) mass is 296 g/mol. The van der Waals surface area contributed by atoms with Crippen LogP contribution in [0.5, 0.6) is 0 Å². The van der Waals surface area contributed by atoms with E-state index in [1.165, 1.54) is 17.0 Å². The van der Waals surface area contributed by atoms with Crippen LogP contribution in [0.4, 0.5) is 5.69 Å². The molecule has 1 fully saturated rings. The molecule has 1 unspecified atom stereocenters. The smallest absolute Gasteiger partial charge is 0.252 e. The van der Waals surface area contributed by atoms with Crippen LogP contribution in [0.1, 0.15) is 13.3 Å². The third kappa shape index (κ3) is 2.82. The van der Waals surface area contributed by atoms with Gasteiger partial charge in [-0.3, -0.25) is 14.5 Å². The zero-order chi connectivity index (χ0) is 14.9. The molecule has 1 saturated heterocycles. The van der Waals surface area contributed by atoms with Gasteiger partial charge in [0.05, 0.1) is 11.3 Å². The van der Waals surface area contributed by atoms with E-state index in [4.69, 9.17) is 0 Å². The topological polar surface area (TPSA) is 83.6 Å². The Labute approximate surface area is 117 Å². The number of nitrogens with one attached hydrogen (secondary N) is 1. The number of likely N-dealkylation sites (N-methyl/N-ethyl adjacent to an activating group) is 1. The second-order valence-electron chi connectivity index (χ2n) is 4.68. The van der Waals surface area contributed by atoms with Gasteiger partial charge >= 0.3 is 0 Å². The summed E-state index contributed by atoms with van der Waals surface area (Å²) in [6, 6.07) is 5.58. The van der Waals surface area contributed by atoms with Gasteiger partial charge in [0, 0.05) is 18.5 Å². The first-order valence-electron chi connectivity index (χ1n) is 6.24. The lowest BCUT2D eigenvalue weighted by Gasteiger charge is -2.14. The summed E-state index contributed by atoms with van der Waals surface area (Å²) in [5.74, 6) is -0.489. The fraction of sp³-hybridized carbons (Fsp3) is 0.385. The highest BCUT2D eigenvalue weighted by atomic mass is 32.2. The minimum absolute atomic E-state index is 0.0930. The predicted molar refractivity (Wildman–Crippen MR) is 74.0 cm³/mol. The number of imide groups is 1. The maximum Gasteiger partial charge on any atom is 0.252 e. The maximum absolute atomic E-state index is 12.0. The Morgan fingerprint density at radius 2 is 2.05 bits per heavy atom. The summed E-state index contributed by atoms with van der Waals surface area (Å²) in [4.78, 5) is 24.9. The molecule has 1 aromatic carbocycles. The Morgan fingerprint density at radius 3 is 2.60 bits per heavy atom. The van der Waals surface area contributed by atoms with Crippen LogP contribution in [-0.4, -0.2) is 44.0 Å². The quantitative estimate of drug-likeness (QED) is 0.825. The van der Waals surface area contributed by atoms with Gasteiger partial charge in [-0.05, 0) is 25.1 Å². The number of nitrogens with zero attached hydrogens (tertiary/aromatic N) is 1. The molecule has 6 nitrogen and oxygen atoms in total. The Kier molecular flexibility index (Phi) is 3.80. The van der Waals surface area contributed by atoms with Gasteiger partial charge in [-0.1, -0.05) is 6.07 Å². The highest BCUT2D eigenvalue weighted by Crippen LogP contribution is 2.20. The normalized spacial score (nSPS) is 19.5. The Bertz CT molecular complexity index is 654. The van der Waals surface area contributed by atoms with Crippen molar-refractivity contribution < 1.29 is 18.0 Å². The third-order valence-electron chi connectivity index (χ3n) is 3.16. The van der Waals surface area contributed by atoms with Crippen molar-refractivity contribution in [3.8, 4) is 0 Å². The number of sulfone groups is 1. The number of rotatable bonds is 4. The number of amides is 2. The minimum Gasteiger partial charge on any atom is -0.373 e. The molecule has 1 aliphatic heterocycles. The van der Waals surface area contributed by atoms with Crippen molar-refractivity contribution in [1.29, 1.82) is 0 Å². The summed E-state index contributed by atoms with van der Waals surface area (Å²) in [7, 11) is -3.30. The lowest BCUT2D eigenvalue weighted by Crippen LogP contribution is -2.34. The number of hydrogen-bond acceptors (Lipinski definition) is 5. The fourth-order valence-corrected chi connectivity index (χ4v) is 2.81. The number of hydrogen-bond donors (Lipinski definition) is 1. The zero-order valence-electron chi connectivity index (χ0n) is 11.3. The molecule has 0 bridgehead atoms. The Balaban J connectivity index is 2.20. The summed E-state index contributed by atoms with van der Waals surface area (Å²) in [5, 5.41) is 2.92. The fourth-order valence-electron chi connectivity index (χ4n) is 2.15. The van der Waals surface area contributed by atoms with Crippen molar-refractivity contribution in [3.63, 3.8) is 0 Å². The highest BCUT2D eigenvalue weighted by Gasteiger charge is 2.37. The Hall–Kier alpha value is -1.89. The molecule has 1 aromatic rings. The van der Waals surface area contributed by atoms with E-state index in [1.54, 1.807) is 19.1 Å². The lowest BCUT2D eigenvalue weighted by atomic mass is 10.2. The summed E-state index contributed by atoms with van der Waals surface area (Å²) in [5.41, 5.74) is 0.511. The van der Waals surface area contributed by atoms with E-state index in [-0.39, 0.29) is 23.1 Å². The molecular weight excluding hydrogens is 280 g/mol. The van der Waals surface area contributed by atoms with E-state index in [1.807, 2.05) is 0 Å². The first kappa shape index (κ1) is 14.5. The van der Waals surface area contributed by atoms with E-state index in [9.17, 15) is 18.0 Å². The van der Waals surface area contributed by atoms with Crippen molar-refractivity contribution >= 4 is 27.3 Å². The first-order chi connectivity index (χ1) is 9.32. The summed E-state index contributed by atoms with van der Waals surface area (Å²) >= 11 is 0. The molecule has 0 spiro atoms. The third-order valence-corrected chi connectivity index (χ3v) is 4.27. The maximum atomic E-state index is 12.0. The first-order valence-corrected chi connectivity index (χ1v) is 8.13. The molecule has 1 atom stereocenters. The van der Waals surface area contributed by atoms with Crippen LogP contribution in [0.2, 0.25) is 0 Å². The van der Waals surface area contributed by atoms with Gasteiger partial charge in [-0.15, -0.1) is 0 Å². The van der Waals surface area contributed by atoms with Crippen molar-refractivity contribution in [3.05, 3.63) is 24.3 Å².